The van der Waals surface area contributed by atoms with Crippen molar-refractivity contribution in [2.24, 2.45) is 0 Å². The Morgan fingerprint density at radius 1 is 1.30 bits per heavy atom. The van der Waals surface area contributed by atoms with Crippen LogP contribution < -0.4 is 0 Å². The van der Waals surface area contributed by atoms with Crippen LogP contribution in [0.15, 0.2) is 12.1 Å². The number of aromatic nitrogens is 2. The molecule has 1 aliphatic heterocycles. The van der Waals surface area contributed by atoms with E-state index in [1.807, 2.05) is 7.05 Å². The summed E-state index contributed by atoms with van der Waals surface area (Å²) in [5.74, 6) is -0.149. The molecule has 1 aromatic heterocycles. The van der Waals surface area contributed by atoms with Crippen LogP contribution in [0.5, 0.6) is 0 Å². The molecule has 0 unspecified atom stereocenters. The fourth-order valence-corrected chi connectivity index (χ4v) is 2.51. The van der Waals surface area contributed by atoms with Crippen molar-refractivity contribution in [1.29, 1.82) is 0 Å². The topological polar surface area (TPSA) is 52.2 Å². The van der Waals surface area contributed by atoms with E-state index in [9.17, 15) is 9.18 Å². The van der Waals surface area contributed by atoms with Gasteiger partial charge in [0, 0.05) is 26.2 Å². The molecule has 6 heteroatoms. The van der Waals surface area contributed by atoms with Gasteiger partial charge in [-0.2, -0.15) is 0 Å². The van der Waals surface area contributed by atoms with Gasteiger partial charge in [0.2, 0.25) is 0 Å². The van der Waals surface area contributed by atoms with E-state index in [0.717, 1.165) is 18.7 Å². The van der Waals surface area contributed by atoms with Crippen LogP contribution >= 0.6 is 0 Å². The number of fused-ring (bicyclic) bond motifs is 1. The Morgan fingerprint density at radius 3 is 2.70 bits per heavy atom. The molecule has 0 atom stereocenters. The van der Waals surface area contributed by atoms with Crippen molar-refractivity contribution in [3.63, 3.8) is 0 Å². The molecule has 5 nitrogen and oxygen atoms in total. The molecule has 1 aromatic carbocycles. The van der Waals surface area contributed by atoms with Gasteiger partial charge in [-0.3, -0.25) is 4.79 Å². The van der Waals surface area contributed by atoms with Crippen molar-refractivity contribution in [3.05, 3.63) is 29.3 Å². The smallest absolute Gasteiger partial charge is 0.289 e. The molecule has 0 aliphatic carbocycles. The fraction of sp³-hybridized carbons (Fsp3) is 0.429. The summed E-state index contributed by atoms with van der Waals surface area (Å²) in [6, 6.07) is 2.80. The van der Waals surface area contributed by atoms with Gasteiger partial charge in [0.25, 0.3) is 5.91 Å². The van der Waals surface area contributed by atoms with E-state index in [-0.39, 0.29) is 11.7 Å². The van der Waals surface area contributed by atoms with Crippen molar-refractivity contribution in [1.82, 2.24) is 19.8 Å². The molecule has 0 radical (unpaired) electrons. The summed E-state index contributed by atoms with van der Waals surface area (Å²) >= 11 is 0. The maximum Gasteiger partial charge on any atom is 0.289 e. The van der Waals surface area contributed by atoms with Crippen LogP contribution in [-0.4, -0.2) is 58.9 Å². The normalized spacial score (nSPS) is 16.9. The van der Waals surface area contributed by atoms with E-state index in [4.69, 9.17) is 0 Å². The number of benzene rings is 1. The van der Waals surface area contributed by atoms with Gasteiger partial charge in [0.1, 0.15) is 5.82 Å². The Bertz CT molecular complexity index is 658. The predicted octanol–water partition coefficient (Wildman–Crippen LogP) is 1.40. The number of aromatic amines is 1. The molecule has 0 saturated carbocycles. The zero-order chi connectivity index (χ0) is 14.3. The number of likely N-dealkylation sites (N-methyl/N-ethyl adjacent to an activating group) is 1. The quantitative estimate of drug-likeness (QED) is 0.856. The first-order chi connectivity index (χ1) is 9.54. The molecule has 20 heavy (non-hydrogen) atoms. The third kappa shape index (κ3) is 2.27. The minimum atomic E-state index is -0.322. The minimum Gasteiger partial charge on any atom is -0.334 e. The number of H-pyrrole nitrogens is 1. The number of nitrogens with zero attached hydrogens (tertiary/aromatic N) is 3. The fourth-order valence-electron chi connectivity index (χ4n) is 2.51. The van der Waals surface area contributed by atoms with Crippen molar-refractivity contribution in [2.45, 2.75) is 6.92 Å². The lowest BCUT2D eigenvalue weighted by Crippen LogP contribution is -2.47. The number of rotatable bonds is 1. The summed E-state index contributed by atoms with van der Waals surface area (Å²) in [7, 11) is 2.04. The van der Waals surface area contributed by atoms with Gasteiger partial charge in [0.15, 0.2) is 5.82 Å². The lowest BCUT2D eigenvalue weighted by atomic mass is 10.2. The SMILES string of the molecule is Cc1cc(F)cc2[nH]c(C(=O)N3CCN(C)CC3)nc12. The highest BCUT2D eigenvalue weighted by Gasteiger charge is 2.23. The van der Waals surface area contributed by atoms with E-state index in [2.05, 4.69) is 14.9 Å². The maximum absolute atomic E-state index is 13.4. The van der Waals surface area contributed by atoms with E-state index in [1.54, 1.807) is 11.8 Å². The number of piperazine rings is 1. The van der Waals surface area contributed by atoms with Crippen LogP contribution in [0.4, 0.5) is 4.39 Å². The van der Waals surface area contributed by atoms with Gasteiger partial charge >= 0.3 is 0 Å². The Hall–Kier alpha value is -1.95. The summed E-state index contributed by atoms with van der Waals surface area (Å²) in [5, 5.41) is 0. The van der Waals surface area contributed by atoms with Crippen molar-refractivity contribution >= 4 is 16.9 Å². The third-order valence-corrected chi connectivity index (χ3v) is 3.74. The second-order valence-corrected chi connectivity index (χ2v) is 5.30. The number of hydrogen-bond acceptors (Lipinski definition) is 3. The largest absolute Gasteiger partial charge is 0.334 e. The van der Waals surface area contributed by atoms with Crippen LogP contribution in [0.3, 0.4) is 0 Å². The average molecular weight is 276 g/mol. The van der Waals surface area contributed by atoms with E-state index >= 15 is 0 Å². The molecule has 1 N–H and O–H groups in total. The maximum atomic E-state index is 13.4. The molecule has 1 saturated heterocycles. The molecule has 3 rings (SSSR count). The number of amides is 1. The van der Waals surface area contributed by atoms with Crippen LogP contribution in [0.1, 0.15) is 16.2 Å². The number of nitrogens with one attached hydrogen (secondary N) is 1. The summed E-state index contributed by atoms with van der Waals surface area (Å²) in [4.78, 5) is 23.6. The van der Waals surface area contributed by atoms with E-state index in [1.165, 1.54) is 12.1 Å². The minimum absolute atomic E-state index is 0.117. The lowest BCUT2D eigenvalue weighted by Gasteiger charge is -2.31. The molecule has 106 valence electrons. The van der Waals surface area contributed by atoms with Crippen molar-refractivity contribution in [2.75, 3.05) is 33.2 Å². The zero-order valence-corrected chi connectivity index (χ0v) is 11.6. The molecular formula is C14H17FN4O. The molecular weight excluding hydrogens is 259 g/mol. The molecule has 2 heterocycles. The van der Waals surface area contributed by atoms with Crippen molar-refractivity contribution < 1.29 is 9.18 Å². The average Bonchev–Trinajstić information content (AvgIpc) is 2.83. The molecule has 2 aromatic rings. The van der Waals surface area contributed by atoms with Gasteiger partial charge in [-0.05, 0) is 31.7 Å². The van der Waals surface area contributed by atoms with E-state index < -0.39 is 0 Å². The second kappa shape index (κ2) is 4.86. The van der Waals surface area contributed by atoms with E-state index in [0.29, 0.717) is 29.9 Å². The number of imidazole rings is 1. The summed E-state index contributed by atoms with van der Waals surface area (Å²) in [6.07, 6.45) is 0. The Morgan fingerprint density at radius 2 is 2.00 bits per heavy atom. The highest BCUT2D eigenvalue weighted by Crippen LogP contribution is 2.18. The molecule has 0 bridgehead atoms. The van der Waals surface area contributed by atoms with Gasteiger partial charge in [0.05, 0.1) is 11.0 Å². The molecule has 0 spiro atoms. The Kier molecular flexibility index (Phi) is 3.17. The predicted molar refractivity (Wildman–Crippen MR) is 74.2 cm³/mol. The second-order valence-electron chi connectivity index (χ2n) is 5.30. The van der Waals surface area contributed by atoms with Gasteiger partial charge in [-0.15, -0.1) is 0 Å². The van der Waals surface area contributed by atoms with Crippen LogP contribution in [0, 0.1) is 12.7 Å². The third-order valence-electron chi connectivity index (χ3n) is 3.74. The zero-order valence-electron chi connectivity index (χ0n) is 11.6. The summed E-state index contributed by atoms with van der Waals surface area (Å²) < 4.78 is 13.4. The number of carbonyl (C=O) groups excluding carboxylic acids is 1. The summed E-state index contributed by atoms with van der Waals surface area (Å²) in [6.45, 7) is 4.90. The Balaban J connectivity index is 1.90. The van der Waals surface area contributed by atoms with Crippen LogP contribution in [0.25, 0.3) is 11.0 Å². The summed E-state index contributed by atoms with van der Waals surface area (Å²) in [5.41, 5.74) is 1.96. The highest BCUT2D eigenvalue weighted by atomic mass is 19.1. The van der Waals surface area contributed by atoms with Gasteiger partial charge in [-0.1, -0.05) is 0 Å². The molecule has 1 amide bonds. The van der Waals surface area contributed by atoms with Crippen LogP contribution in [0.2, 0.25) is 0 Å². The number of hydrogen-bond donors (Lipinski definition) is 1. The number of carbonyl (C=O) groups is 1. The van der Waals surface area contributed by atoms with Gasteiger partial charge in [-0.25, -0.2) is 9.37 Å². The monoisotopic (exact) mass is 276 g/mol. The Labute approximate surface area is 116 Å². The van der Waals surface area contributed by atoms with Crippen molar-refractivity contribution in [3.8, 4) is 0 Å². The molecule has 1 fully saturated rings. The van der Waals surface area contributed by atoms with Crippen LogP contribution in [-0.2, 0) is 0 Å². The highest BCUT2D eigenvalue weighted by molar-refractivity contribution is 5.94. The lowest BCUT2D eigenvalue weighted by molar-refractivity contribution is 0.0653. The first-order valence-electron chi connectivity index (χ1n) is 6.68. The molecule has 1 aliphatic rings. The first kappa shape index (κ1) is 13.1. The van der Waals surface area contributed by atoms with Gasteiger partial charge < -0.3 is 14.8 Å². The first-order valence-corrected chi connectivity index (χ1v) is 6.68. The number of halogens is 1. The number of aryl methyl sites for hydroxylation is 1. The standard InChI is InChI=1S/C14H17FN4O/c1-9-7-10(15)8-11-12(9)17-13(16-11)14(20)19-5-3-18(2)4-6-19/h7-8H,3-6H2,1-2H3,(H,16,17).